The highest BCUT2D eigenvalue weighted by Crippen LogP contribution is 2.34. The van der Waals surface area contributed by atoms with Gasteiger partial charge in [-0.3, -0.25) is 10.1 Å². The highest BCUT2D eigenvalue weighted by molar-refractivity contribution is 5.70. The number of nitrogens with zero attached hydrogens (tertiary/aromatic N) is 4. The fourth-order valence-corrected chi connectivity index (χ4v) is 2.73. The van der Waals surface area contributed by atoms with Gasteiger partial charge >= 0.3 is 5.69 Å². The van der Waals surface area contributed by atoms with E-state index in [0.29, 0.717) is 19.0 Å². The predicted molar refractivity (Wildman–Crippen MR) is 97.5 cm³/mol. The smallest absolute Gasteiger partial charge is 0.307 e. The van der Waals surface area contributed by atoms with Crippen LogP contribution in [-0.4, -0.2) is 55.4 Å². The molecule has 1 aliphatic rings. The molecule has 1 fully saturated rings. The van der Waals surface area contributed by atoms with Crippen molar-refractivity contribution in [1.29, 1.82) is 0 Å². The minimum absolute atomic E-state index is 0.102. The Hall–Kier alpha value is -3.21. The van der Waals surface area contributed by atoms with Gasteiger partial charge in [0, 0.05) is 32.3 Å². The summed E-state index contributed by atoms with van der Waals surface area (Å²) in [5.41, 5.74) is 0.340. The summed E-state index contributed by atoms with van der Waals surface area (Å²) in [7, 11) is 3.08. The normalized spacial score (nSPS) is 14.0. The molecule has 2 aromatic rings. The number of anilines is 4. The van der Waals surface area contributed by atoms with Crippen LogP contribution in [0.15, 0.2) is 18.3 Å². The molecule has 2 N–H and O–H groups in total. The number of benzene rings is 1. The molecular weight excluding hydrogens is 359 g/mol. The Bertz CT molecular complexity index is 844. The van der Waals surface area contributed by atoms with E-state index in [9.17, 15) is 14.5 Å². The molecule has 1 aliphatic heterocycles. The summed E-state index contributed by atoms with van der Waals surface area (Å²) >= 11 is 0. The van der Waals surface area contributed by atoms with Crippen molar-refractivity contribution in [2.45, 2.75) is 0 Å². The molecule has 0 aliphatic carbocycles. The standard InChI is InChI=1S/C16H19FN6O4/c1-18-15-13(22-3-5-27-6-4-22)9-19-16(21-15)20-11-8-12(23(24)25)10(17)7-14(11)26-2/h7-9H,3-6H2,1-2H3,(H2,18,19,20,21). The summed E-state index contributed by atoms with van der Waals surface area (Å²) in [6.45, 7) is 2.70. The highest BCUT2D eigenvalue weighted by atomic mass is 19.1. The number of nitro groups is 1. The Labute approximate surface area is 154 Å². The Morgan fingerprint density at radius 1 is 1.37 bits per heavy atom. The van der Waals surface area contributed by atoms with E-state index in [1.807, 2.05) is 0 Å². The van der Waals surface area contributed by atoms with Crippen LogP contribution in [0.1, 0.15) is 0 Å². The molecule has 1 saturated heterocycles. The van der Waals surface area contributed by atoms with Gasteiger partial charge in [0.25, 0.3) is 0 Å². The van der Waals surface area contributed by atoms with Gasteiger partial charge in [0.1, 0.15) is 5.75 Å². The van der Waals surface area contributed by atoms with Crippen LogP contribution in [-0.2, 0) is 4.74 Å². The SMILES string of the molecule is CNc1nc(Nc2cc([N+](=O)[O-])c(F)cc2OC)ncc1N1CCOCC1. The average molecular weight is 378 g/mol. The third-order valence-corrected chi connectivity index (χ3v) is 4.07. The van der Waals surface area contributed by atoms with Gasteiger partial charge in [-0.15, -0.1) is 0 Å². The van der Waals surface area contributed by atoms with Gasteiger partial charge in [0.05, 0.1) is 42.8 Å². The van der Waals surface area contributed by atoms with Crippen LogP contribution in [0.4, 0.5) is 33.2 Å². The molecular formula is C16H19FN6O4. The number of hydrogen-bond donors (Lipinski definition) is 2. The molecule has 10 nitrogen and oxygen atoms in total. The van der Waals surface area contributed by atoms with Crippen molar-refractivity contribution in [1.82, 2.24) is 9.97 Å². The lowest BCUT2D eigenvalue weighted by Gasteiger charge is -2.29. The zero-order valence-corrected chi connectivity index (χ0v) is 14.9. The zero-order valence-electron chi connectivity index (χ0n) is 14.9. The molecule has 0 amide bonds. The summed E-state index contributed by atoms with van der Waals surface area (Å²) in [5, 5.41) is 16.8. The topological polar surface area (TPSA) is 115 Å². The van der Waals surface area contributed by atoms with E-state index in [1.54, 1.807) is 13.2 Å². The molecule has 0 saturated carbocycles. The van der Waals surface area contributed by atoms with E-state index >= 15 is 0 Å². The quantitative estimate of drug-likeness (QED) is 0.576. The number of morpholine rings is 1. The fourth-order valence-electron chi connectivity index (χ4n) is 2.73. The first-order chi connectivity index (χ1) is 13.0. The molecule has 11 heteroatoms. The number of halogens is 1. The average Bonchev–Trinajstić information content (AvgIpc) is 2.69. The lowest BCUT2D eigenvalue weighted by molar-refractivity contribution is -0.387. The summed E-state index contributed by atoms with van der Waals surface area (Å²) in [4.78, 5) is 20.9. The van der Waals surface area contributed by atoms with E-state index in [4.69, 9.17) is 9.47 Å². The molecule has 2 heterocycles. The molecule has 0 unspecified atom stereocenters. The number of ether oxygens (including phenoxy) is 2. The zero-order chi connectivity index (χ0) is 19.4. The van der Waals surface area contributed by atoms with Crippen molar-refractivity contribution >= 4 is 28.8 Å². The van der Waals surface area contributed by atoms with Gasteiger partial charge in [-0.2, -0.15) is 9.37 Å². The van der Waals surface area contributed by atoms with Crippen molar-refractivity contribution < 1.29 is 18.8 Å². The van der Waals surface area contributed by atoms with Crippen LogP contribution < -0.4 is 20.3 Å². The lowest BCUT2D eigenvalue weighted by Crippen LogP contribution is -2.36. The Morgan fingerprint density at radius 3 is 2.74 bits per heavy atom. The van der Waals surface area contributed by atoms with E-state index in [-0.39, 0.29) is 17.4 Å². The maximum absolute atomic E-state index is 13.8. The van der Waals surface area contributed by atoms with Crippen molar-refractivity contribution in [2.75, 3.05) is 56.0 Å². The largest absolute Gasteiger partial charge is 0.494 e. The molecule has 0 spiro atoms. The number of nitrogens with one attached hydrogen (secondary N) is 2. The molecule has 0 radical (unpaired) electrons. The summed E-state index contributed by atoms with van der Waals surface area (Å²) < 4.78 is 24.2. The lowest BCUT2D eigenvalue weighted by atomic mass is 10.2. The molecule has 144 valence electrons. The van der Waals surface area contributed by atoms with E-state index in [1.165, 1.54) is 7.11 Å². The maximum Gasteiger partial charge on any atom is 0.307 e. The third kappa shape index (κ3) is 3.97. The van der Waals surface area contributed by atoms with Gasteiger partial charge in [-0.1, -0.05) is 0 Å². The summed E-state index contributed by atoms with van der Waals surface area (Å²) in [6, 6.07) is 1.99. The van der Waals surface area contributed by atoms with Crippen molar-refractivity contribution in [3.8, 4) is 5.75 Å². The Kier molecular flexibility index (Phi) is 5.50. The second-order valence-electron chi connectivity index (χ2n) is 5.66. The van der Waals surface area contributed by atoms with Gasteiger partial charge in [0.15, 0.2) is 5.82 Å². The number of aromatic nitrogens is 2. The first kappa shape index (κ1) is 18.6. The third-order valence-electron chi connectivity index (χ3n) is 4.07. The van der Waals surface area contributed by atoms with Gasteiger partial charge in [-0.05, 0) is 0 Å². The van der Waals surface area contributed by atoms with Crippen LogP contribution >= 0.6 is 0 Å². The monoisotopic (exact) mass is 378 g/mol. The number of methoxy groups -OCH3 is 1. The minimum Gasteiger partial charge on any atom is -0.494 e. The van der Waals surface area contributed by atoms with Gasteiger partial charge in [0.2, 0.25) is 11.8 Å². The molecule has 0 bridgehead atoms. The fraction of sp³-hybridized carbons (Fsp3) is 0.375. The molecule has 27 heavy (non-hydrogen) atoms. The van der Waals surface area contributed by atoms with Crippen LogP contribution in [0.25, 0.3) is 0 Å². The number of nitro benzene ring substituents is 1. The van der Waals surface area contributed by atoms with Crippen LogP contribution in [0.5, 0.6) is 5.75 Å². The van der Waals surface area contributed by atoms with E-state index < -0.39 is 16.4 Å². The molecule has 0 atom stereocenters. The van der Waals surface area contributed by atoms with Crippen molar-refractivity contribution in [3.63, 3.8) is 0 Å². The maximum atomic E-state index is 13.8. The second kappa shape index (κ2) is 7.99. The van der Waals surface area contributed by atoms with E-state index in [2.05, 4.69) is 25.5 Å². The van der Waals surface area contributed by atoms with Crippen LogP contribution in [0, 0.1) is 15.9 Å². The Balaban J connectivity index is 1.91. The summed E-state index contributed by atoms with van der Waals surface area (Å²) in [6.07, 6.45) is 1.65. The molecule has 1 aromatic carbocycles. The van der Waals surface area contributed by atoms with Crippen molar-refractivity contribution in [2.24, 2.45) is 0 Å². The van der Waals surface area contributed by atoms with E-state index in [0.717, 1.165) is 30.9 Å². The molecule has 3 rings (SSSR count). The van der Waals surface area contributed by atoms with Crippen LogP contribution in [0.3, 0.4) is 0 Å². The molecule has 1 aromatic heterocycles. The highest BCUT2D eigenvalue weighted by Gasteiger charge is 2.21. The summed E-state index contributed by atoms with van der Waals surface area (Å²) in [5.74, 6) is -0.104. The van der Waals surface area contributed by atoms with Crippen LogP contribution in [0.2, 0.25) is 0 Å². The van der Waals surface area contributed by atoms with Gasteiger partial charge < -0.3 is 25.0 Å². The predicted octanol–water partition coefficient (Wildman–Crippen LogP) is 2.15. The van der Waals surface area contributed by atoms with Gasteiger partial charge in [-0.25, -0.2) is 4.98 Å². The first-order valence-corrected chi connectivity index (χ1v) is 8.20. The second-order valence-corrected chi connectivity index (χ2v) is 5.66. The minimum atomic E-state index is -0.984. The Morgan fingerprint density at radius 2 is 2.11 bits per heavy atom. The first-order valence-electron chi connectivity index (χ1n) is 8.20. The number of rotatable bonds is 6. The van der Waals surface area contributed by atoms with Crippen molar-refractivity contribution in [3.05, 3.63) is 34.3 Å². The number of hydrogen-bond acceptors (Lipinski definition) is 9.